The van der Waals surface area contributed by atoms with Gasteiger partial charge in [-0.15, -0.1) is 11.3 Å². The fraction of sp³-hybridized carbons (Fsp3) is 0. The summed E-state index contributed by atoms with van der Waals surface area (Å²) in [4.78, 5) is 26.0. The van der Waals surface area contributed by atoms with Gasteiger partial charge in [0.25, 0.3) is 11.5 Å². The van der Waals surface area contributed by atoms with Crippen molar-refractivity contribution in [3.8, 4) is 5.75 Å². The van der Waals surface area contributed by atoms with Gasteiger partial charge in [0.05, 0.1) is 4.88 Å². The van der Waals surface area contributed by atoms with Crippen molar-refractivity contribution in [1.29, 1.82) is 0 Å². The summed E-state index contributed by atoms with van der Waals surface area (Å²) in [6.07, 6.45) is 0. The summed E-state index contributed by atoms with van der Waals surface area (Å²) in [5.41, 5.74) is 5.56. The summed E-state index contributed by atoms with van der Waals surface area (Å²) in [6, 6.07) is 6.24. The minimum Gasteiger partial charge on any atom is -0.508 e. The Labute approximate surface area is 104 Å². The van der Waals surface area contributed by atoms with Gasteiger partial charge < -0.3 is 15.8 Å². The minimum absolute atomic E-state index is 0.0997. The summed E-state index contributed by atoms with van der Waals surface area (Å²) in [5, 5.41) is 10.8. The van der Waals surface area contributed by atoms with E-state index in [0.29, 0.717) is 25.9 Å². The van der Waals surface area contributed by atoms with Crippen molar-refractivity contribution in [2.45, 2.75) is 0 Å². The van der Waals surface area contributed by atoms with Crippen molar-refractivity contribution in [2.75, 3.05) is 0 Å². The number of nitrogens with one attached hydrogen (secondary N) is 1. The maximum absolute atomic E-state index is 11.9. The van der Waals surface area contributed by atoms with Gasteiger partial charge in [-0.25, -0.2) is 0 Å². The van der Waals surface area contributed by atoms with Crippen molar-refractivity contribution in [3.63, 3.8) is 0 Å². The van der Waals surface area contributed by atoms with Crippen LogP contribution in [0.1, 0.15) is 9.67 Å². The van der Waals surface area contributed by atoms with Gasteiger partial charge >= 0.3 is 0 Å². The summed E-state index contributed by atoms with van der Waals surface area (Å²) in [6.45, 7) is 0. The number of aromatic nitrogens is 1. The molecule has 3 rings (SSSR count). The molecule has 0 spiro atoms. The standard InChI is InChI=1S/C12H8N2O3S/c13-11(16)9-4-7-6-3-5(15)1-2-8(6)14-12(17)10(7)18-9/h1-4,15H,(H2,13,16)(H,14,17). The number of carbonyl (C=O) groups is 1. The largest absolute Gasteiger partial charge is 0.508 e. The second-order valence-corrected chi connectivity index (χ2v) is 4.95. The zero-order valence-corrected chi connectivity index (χ0v) is 9.88. The molecule has 0 radical (unpaired) electrons. The van der Waals surface area contributed by atoms with E-state index in [2.05, 4.69) is 4.98 Å². The molecule has 3 aromatic rings. The molecule has 0 aliphatic rings. The average molecular weight is 260 g/mol. The number of nitrogens with two attached hydrogens (primary N) is 1. The lowest BCUT2D eigenvalue weighted by atomic mass is 10.1. The fourth-order valence-electron chi connectivity index (χ4n) is 1.92. The molecule has 1 amide bonds. The van der Waals surface area contributed by atoms with Crippen molar-refractivity contribution in [2.24, 2.45) is 5.73 Å². The van der Waals surface area contributed by atoms with Gasteiger partial charge in [-0.05, 0) is 24.3 Å². The fourth-order valence-corrected chi connectivity index (χ4v) is 2.84. The number of fused-ring (bicyclic) bond motifs is 3. The lowest BCUT2D eigenvalue weighted by Gasteiger charge is -1.99. The molecule has 0 bridgehead atoms. The Morgan fingerprint density at radius 2 is 2.06 bits per heavy atom. The number of pyridine rings is 1. The number of phenols is 1. The first-order valence-corrected chi connectivity index (χ1v) is 5.96. The first-order valence-electron chi connectivity index (χ1n) is 5.14. The molecule has 0 fully saturated rings. The summed E-state index contributed by atoms with van der Waals surface area (Å²) in [5.74, 6) is -0.466. The van der Waals surface area contributed by atoms with Crippen LogP contribution in [-0.4, -0.2) is 16.0 Å². The van der Waals surface area contributed by atoms with Gasteiger partial charge in [-0.1, -0.05) is 0 Å². The minimum atomic E-state index is -0.566. The van der Waals surface area contributed by atoms with Crippen LogP contribution in [0.3, 0.4) is 0 Å². The number of hydrogen-bond acceptors (Lipinski definition) is 4. The number of amides is 1. The predicted octanol–water partition coefficient (Wildman–Crippen LogP) is 1.55. The molecule has 0 saturated carbocycles. The van der Waals surface area contributed by atoms with E-state index < -0.39 is 5.91 Å². The molecule has 0 atom stereocenters. The Balaban J connectivity index is 2.55. The Bertz CT molecular complexity index is 848. The van der Waals surface area contributed by atoms with E-state index >= 15 is 0 Å². The van der Waals surface area contributed by atoms with Gasteiger partial charge in [0.15, 0.2) is 0 Å². The Morgan fingerprint density at radius 1 is 1.28 bits per heavy atom. The number of thiophene rings is 1. The Morgan fingerprint density at radius 3 is 2.78 bits per heavy atom. The lowest BCUT2D eigenvalue weighted by Crippen LogP contribution is -2.08. The highest BCUT2D eigenvalue weighted by molar-refractivity contribution is 7.20. The van der Waals surface area contributed by atoms with Crippen LogP contribution in [0.25, 0.3) is 21.0 Å². The molecule has 18 heavy (non-hydrogen) atoms. The molecule has 2 heterocycles. The number of hydrogen-bond donors (Lipinski definition) is 3. The maximum atomic E-state index is 11.9. The Hall–Kier alpha value is -2.34. The predicted molar refractivity (Wildman–Crippen MR) is 70.1 cm³/mol. The molecule has 2 aromatic heterocycles. The highest BCUT2D eigenvalue weighted by atomic mass is 32.1. The Kier molecular flexibility index (Phi) is 2.14. The normalized spacial score (nSPS) is 11.1. The molecule has 0 aliphatic carbocycles. The van der Waals surface area contributed by atoms with Gasteiger partial charge in [0, 0.05) is 16.3 Å². The van der Waals surface area contributed by atoms with Crippen LogP contribution in [0, 0.1) is 0 Å². The summed E-state index contributed by atoms with van der Waals surface area (Å²) >= 11 is 1.05. The molecule has 5 nitrogen and oxygen atoms in total. The molecule has 1 aromatic carbocycles. The van der Waals surface area contributed by atoms with Crippen molar-refractivity contribution < 1.29 is 9.90 Å². The van der Waals surface area contributed by atoms with Crippen LogP contribution >= 0.6 is 11.3 Å². The second-order valence-electron chi connectivity index (χ2n) is 3.90. The monoisotopic (exact) mass is 260 g/mol. The number of aromatic hydroxyl groups is 1. The van der Waals surface area contributed by atoms with Gasteiger partial charge in [0.2, 0.25) is 0 Å². The SMILES string of the molecule is NC(=O)c1cc2c(s1)c(=O)[nH]c1ccc(O)cc12. The van der Waals surface area contributed by atoms with Crippen LogP contribution in [0.5, 0.6) is 5.75 Å². The highest BCUT2D eigenvalue weighted by Gasteiger charge is 2.12. The van der Waals surface area contributed by atoms with Crippen LogP contribution < -0.4 is 11.3 Å². The molecule has 90 valence electrons. The second kappa shape index (κ2) is 3.58. The quantitative estimate of drug-likeness (QED) is 0.619. The molecule has 0 unspecified atom stereocenters. The number of benzene rings is 1. The first kappa shape index (κ1) is 10.8. The topological polar surface area (TPSA) is 96.2 Å². The van der Waals surface area contributed by atoms with E-state index in [0.717, 1.165) is 11.3 Å². The van der Waals surface area contributed by atoms with E-state index in [-0.39, 0.29) is 11.3 Å². The molecule has 0 aliphatic heterocycles. The third kappa shape index (κ3) is 1.46. The lowest BCUT2D eigenvalue weighted by molar-refractivity contribution is 0.100. The van der Waals surface area contributed by atoms with Crippen molar-refractivity contribution in [1.82, 2.24) is 4.98 Å². The summed E-state index contributed by atoms with van der Waals surface area (Å²) < 4.78 is 0.432. The number of primary amides is 1. The zero-order chi connectivity index (χ0) is 12.9. The van der Waals surface area contributed by atoms with Crippen LogP contribution in [0.2, 0.25) is 0 Å². The number of carbonyl (C=O) groups excluding carboxylic acids is 1. The molecule has 4 N–H and O–H groups in total. The summed E-state index contributed by atoms with van der Waals surface area (Å²) in [7, 11) is 0. The van der Waals surface area contributed by atoms with Crippen LogP contribution in [-0.2, 0) is 0 Å². The third-order valence-corrected chi connectivity index (χ3v) is 3.87. The number of H-pyrrole nitrogens is 1. The van der Waals surface area contributed by atoms with Gasteiger partial charge in [-0.3, -0.25) is 9.59 Å². The third-order valence-electron chi connectivity index (χ3n) is 2.72. The molecule has 6 heteroatoms. The van der Waals surface area contributed by atoms with E-state index in [1.54, 1.807) is 18.2 Å². The molecular formula is C12H8N2O3S. The molecular weight excluding hydrogens is 252 g/mol. The van der Waals surface area contributed by atoms with E-state index in [4.69, 9.17) is 5.73 Å². The number of phenolic OH excluding ortho intramolecular Hbond substituents is 1. The maximum Gasteiger partial charge on any atom is 0.266 e. The van der Waals surface area contributed by atoms with Crippen LogP contribution in [0.15, 0.2) is 29.1 Å². The number of aromatic amines is 1. The average Bonchev–Trinajstić information content (AvgIpc) is 2.76. The zero-order valence-electron chi connectivity index (χ0n) is 9.06. The first-order chi connectivity index (χ1) is 8.56. The van der Waals surface area contributed by atoms with Gasteiger partial charge in [-0.2, -0.15) is 0 Å². The van der Waals surface area contributed by atoms with E-state index in [1.807, 2.05) is 0 Å². The van der Waals surface area contributed by atoms with Crippen LogP contribution in [0.4, 0.5) is 0 Å². The van der Waals surface area contributed by atoms with Gasteiger partial charge in [0.1, 0.15) is 10.4 Å². The van der Waals surface area contributed by atoms with E-state index in [1.165, 1.54) is 6.07 Å². The van der Waals surface area contributed by atoms with Crippen molar-refractivity contribution in [3.05, 3.63) is 39.5 Å². The smallest absolute Gasteiger partial charge is 0.266 e. The highest BCUT2D eigenvalue weighted by Crippen LogP contribution is 2.30. The molecule has 0 saturated heterocycles. The van der Waals surface area contributed by atoms with E-state index in [9.17, 15) is 14.7 Å². The van der Waals surface area contributed by atoms with Crippen molar-refractivity contribution >= 4 is 38.2 Å². The number of rotatable bonds is 1.